The Hall–Kier alpha value is -0.820. The third-order valence-corrected chi connectivity index (χ3v) is 2.96. The molecule has 0 spiro atoms. The summed E-state index contributed by atoms with van der Waals surface area (Å²) in [6.07, 6.45) is -2.02. The quantitative estimate of drug-likeness (QED) is 0.820. The molecule has 0 amide bonds. The van der Waals surface area contributed by atoms with E-state index in [-0.39, 0.29) is 6.61 Å². The van der Waals surface area contributed by atoms with Crippen LogP contribution in [0.5, 0.6) is 0 Å². The molecule has 0 unspecified atom stereocenters. The van der Waals surface area contributed by atoms with Gasteiger partial charge < -0.3 is 10.1 Å². The Morgan fingerprint density at radius 2 is 2.12 bits per heavy atom. The first-order valence-corrected chi connectivity index (χ1v) is 5.90. The molecule has 1 aromatic rings. The zero-order chi connectivity index (χ0) is 12.8. The van der Waals surface area contributed by atoms with E-state index in [1.807, 2.05) is 6.92 Å². The minimum absolute atomic E-state index is 0.189. The maximum atomic E-state index is 11.8. The van der Waals surface area contributed by atoms with Crippen molar-refractivity contribution in [3.63, 3.8) is 0 Å². The van der Waals surface area contributed by atoms with Crippen molar-refractivity contribution < 1.29 is 13.5 Å². The van der Waals surface area contributed by atoms with Gasteiger partial charge in [-0.1, -0.05) is 0 Å². The lowest BCUT2D eigenvalue weighted by Gasteiger charge is -2.08. The second kappa shape index (κ2) is 6.80. The molecule has 0 fully saturated rings. The van der Waals surface area contributed by atoms with Crippen LogP contribution in [0.25, 0.3) is 0 Å². The van der Waals surface area contributed by atoms with Gasteiger partial charge in [-0.3, -0.25) is 0 Å². The van der Waals surface area contributed by atoms with Gasteiger partial charge in [-0.15, -0.1) is 0 Å². The van der Waals surface area contributed by atoms with E-state index in [9.17, 15) is 8.78 Å². The SMILES string of the molecule is CNc1nc(CCOCC(F)F)nc(C)c1Br. The molecule has 1 heterocycles. The molecule has 0 atom stereocenters. The summed E-state index contributed by atoms with van der Waals surface area (Å²) in [4.78, 5) is 8.46. The second-order valence-electron chi connectivity index (χ2n) is 3.35. The molecule has 0 radical (unpaired) electrons. The highest BCUT2D eigenvalue weighted by Gasteiger charge is 2.08. The fourth-order valence-electron chi connectivity index (χ4n) is 1.23. The van der Waals surface area contributed by atoms with Gasteiger partial charge in [0.25, 0.3) is 6.43 Å². The van der Waals surface area contributed by atoms with E-state index in [0.29, 0.717) is 18.1 Å². The van der Waals surface area contributed by atoms with Crippen LogP contribution in [0.2, 0.25) is 0 Å². The van der Waals surface area contributed by atoms with Gasteiger partial charge in [0.05, 0.1) is 16.8 Å². The van der Waals surface area contributed by atoms with E-state index >= 15 is 0 Å². The van der Waals surface area contributed by atoms with E-state index in [1.54, 1.807) is 7.05 Å². The Kier molecular flexibility index (Phi) is 5.70. The topological polar surface area (TPSA) is 47.0 Å². The molecule has 17 heavy (non-hydrogen) atoms. The van der Waals surface area contributed by atoms with E-state index in [2.05, 4.69) is 31.2 Å². The Balaban J connectivity index is 2.57. The van der Waals surface area contributed by atoms with Gasteiger partial charge in [-0.2, -0.15) is 0 Å². The molecule has 1 rings (SSSR count). The van der Waals surface area contributed by atoms with Crippen molar-refractivity contribution >= 4 is 21.7 Å². The Morgan fingerprint density at radius 1 is 1.41 bits per heavy atom. The number of hydrogen-bond acceptors (Lipinski definition) is 4. The number of nitrogens with one attached hydrogen (secondary N) is 1. The first kappa shape index (κ1) is 14.2. The normalized spacial score (nSPS) is 10.9. The average Bonchev–Trinajstić information content (AvgIpc) is 2.28. The number of rotatable bonds is 6. The molecule has 0 aliphatic heterocycles. The smallest absolute Gasteiger partial charge is 0.261 e. The Labute approximate surface area is 107 Å². The van der Waals surface area contributed by atoms with Gasteiger partial charge >= 0.3 is 0 Å². The van der Waals surface area contributed by atoms with Crippen LogP contribution in [-0.2, 0) is 11.2 Å². The standard InChI is InChI=1S/C10H14BrF2N3O/c1-6-9(11)10(14-2)16-8(15-6)3-4-17-5-7(12)13/h7H,3-5H2,1-2H3,(H,14,15,16). The largest absolute Gasteiger partial charge is 0.375 e. The molecule has 0 saturated heterocycles. The third-order valence-electron chi connectivity index (χ3n) is 2.01. The number of aromatic nitrogens is 2. The minimum Gasteiger partial charge on any atom is -0.375 e. The van der Waals surface area contributed by atoms with Gasteiger partial charge in [0, 0.05) is 13.5 Å². The summed E-state index contributed by atoms with van der Waals surface area (Å²) >= 11 is 3.36. The molecule has 7 heteroatoms. The lowest BCUT2D eigenvalue weighted by Crippen LogP contribution is -2.10. The van der Waals surface area contributed by atoms with Crippen molar-refractivity contribution in [3.8, 4) is 0 Å². The fourth-order valence-corrected chi connectivity index (χ4v) is 1.61. The summed E-state index contributed by atoms with van der Waals surface area (Å²) in [6, 6.07) is 0. The maximum absolute atomic E-state index is 11.8. The summed E-state index contributed by atoms with van der Waals surface area (Å²) in [7, 11) is 1.75. The summed E-state index contributed by atoms with van der Waals surface area (Å²) in [5.41, 5.74) is 0.799. The highest BCUT2D eigenvalue weighted by Crippen LogP contribution is 2.22. The summed E-state index contributed by atoms with van der Waals surface area (Å²) in [6.45, 7) is 1.49. The maximum Gasteiger partial charge on any atom is 0.261 e. The van der Waals surface area contributed by atoms with Crippen LogP contribution in [-0.4, -0.2) is 36.7 Å². The summed E-state index contributed by atoms with van der Waals surface area (Å²) in [5.74, 6) is 1.26. The van der Waals surface area contributed by atoms with Crippen LogP contribution in [0.15, 0.2) is 4.47 Å². The number of nitrogens with zero attached hydrogens (tertiary/aromatic N) is 2. The molecular weight excluding hydrogens is 296 g/mol. The van der Waals surface area contributed by atoms with Gasteiger partial charge in [0.15, 0.2) is 0 Å². The summed E-state index contributed by atoms with van der Waals surface area (Å²) < 4.78 is 29.2. The fraction of sp³-hybridized carbons (Fsp3) is 0.600. The number of anilines is 1. The van der Waals surface area contributed by atoms with Crippen LogP contribution in [0.1, 0.15) is 11.5 Å². The molecule has 1 aromatic heterocycles. The predicted molar refractivity (Wildman–Crippen MR) is 64.5 cm³/mol. The van der Waals surface area contributed by atoms with Crippen molar-refractivity contribution in [1.29, 1.82) is 0 Å². The molecule has 0 bridgehead atoms. The predicted octanol–water partition coefficient (Wildman–Crippen LogP) is 2.41. The Morgan fingerprint density at radius 3 is 2.71 bits per heavy atom. The summed E-state index contributed by atoms with van der Waals surface area (Å²) in [5, 5.41) is 2.93. The zero-order valence-corrected chi connectivity index (χ0v) is 11.2. The van der Waals surface area contributed by atoms with Gasteiger partial charge in [-0.25, -0.2) is 18.7 Å². The van der Waals surface area contributed by atoms with Crippen LogP contribution in [0.3, 0.4) is 0 Å². The number of ether oxygens (including phenoxy) is 1. The zero-order valence-electron chi connectivity index (χ0n) is 9.64. The molecule has 0 saturated carbocycles. The van der Waals surface area contributed by atoms with E-state index in [0.717, 1.165) is 10.2 Å². The first-order chi connectivity index (χ1) is 8.04. The van der Waals surface area contributed by atoms with Gasteiger partial charge in [-0.05, 0) is 22.9 Å². The van der Waals surface area contributed by atoms with E-state index in [1.165, 1.54) is 0 Å². The highest BCUT2D eigenvalue weighted by molar-refractivity contribution is 9.10. The molecule has 0 aliphatic carbocycles. The molecule has 0 aliphatic rings. The lowest BCUT2D eigenvalue weighted by molar-refractivity contribution is 0.0183. The second-order valence-corrected chi connectivity index (χ2v) is 4.15. The Bertz CT molecular complexity index is 377. The lowest BCUT2D eigenvalue weighted by atomic mass is 10.3. The van der Waals surface area contributed by atoms with Crippen LogP contribution < -0.4 is 5.32 Å². The number of aryl methyl sites for hydroxylation is 1. The average molecular weight is 310 g/mol. The van der Waals surface area contributed by atoms with Gasteiger partial charge in [0.2, 0.25) is 0 Å². The number of hydrogen-bond donors (Lipinski definition) is 1. The van der Waals surface area contributed by atoms with E-state index < -0.39 is 13.0 Å². The van der Waals surface area contributed by atoms with Crippen molar-refractivity contribution in [2.45, 2.75) is 19.8 Å². The molecule has 4 nitrogen and oxygen atoms in total. The first-order valence-electron chi connectivity index (χ1n) is 5.11. The highest BCUT2D eigenvalue weighted by atomic mass is 79.9. The minimum atomic E-state index is -2.43. The van der Waals surface area contributed by atoms with E-state index in [4.69, 9.17) is 4.74 Å². The molecule has 1 N–H and O–H groups in total. The van der Waals surface area contributed by atoms with Crippen molar-refractivity contribution in [2.24, 2.45) is 0 Å². The number of halogens is 3. The van der Waals surface area contributed by atoms with Crippen molar-refractivity contribution in [3.05, 3.63) is 16.0 Å². The van der Waals surface area contributed by atoms with Crippen molar-refractivity contribution in [2.75, 3.05) is 25.6 Å². The van der Waals surface area contributed by atoms with Crippen LogP contribution in [0, 0.1) is 6.92 Å². The van der Waals surface area contributed by atoms with Gasteiger partial charge in [0.1, 0.15) is 18.2 Å². The molecule has 0 aromatic carbocycles. The molecule has 96 valence electrons. The van der Waals surface area contributed by atoms with Crippen molar-refractivity contribution in [1.82, 2.24) is 9.97 Å². The number of alkyl halides is 2. The third kappa shape index (κ3) is 4.51. The van der Waals surface area contributed by atoms with Crippen LogP contribution in [0.4, 0.5) is 14.6 Å². The molecular formula is C10H14BrF2N3O. The monoisotopic (exact) mass is 309 g/mol. The van der Waals surface area contributed by atoms with Crippen LogP contribution >= 0.6 is 15.9 Å².